The lowest BCUT2D eigenvalue weighted by atomic mass is 10.1. The number of halogens is 2. The number of nitrogens with zero attached hydrogens (tertiary/aromatic N) is 3. The van der Waals surface area contributed by atoms with Gasteiger partial charge in [0.15, 0.2) is 0 Å². The third kappa shape index (κ3) is 5.99. The predicted octanol–water partition coefficient (Wildman–Crippen LogP) is 4.39. The molecular weight excluding hydrogens is 461 g/mol. The van der Waals surface area contributed by atoms with Crippen LogP contribution in [0.15, 0.2) is 48.8 Å². The van der Waals surface area contributed by atoms with Crippen molar-refractivity contribution in [3.8, 4) is 5.75 Å². The third-order valence-electron chi connectivity index (χ3n) is 4.72. The van der Waals surface area contributed by atoms with Gasteiger partial charge in [0.1, 0.15) is 29.8 Å². The van der Waals surface area contributed by atoms with Gasteiger partial charge in [-0.05, 0) is 38.4 Å². The van der Waals surface area contributed by atoms with Gasteiger partial charge in [-0.25, -0.2) is 14.4 Å². The second-order valence-electron chi connectivity index (χ2n) is 7.67. The molecule has 0 radical (unpaired) electrons. The van der Waals surface area contributed by atoms with Gasteiger partial charge in [0.2, 0.25) is 5.91 Å². The molecule has 0 unspecified atom stereocenters. The molecule has 8 nitrogen and oxygen atoms in total. The summed E-state index contributed by atoms with van der Waals surface area (Å²) in [5.41, 5.74) is 1.03. The lowest BCUT2D eigenvalue weighted by Gasteiger charge is -2.17. The number of amides is 1. The van der Waals surface area contributed by atoms with E-state index in [1.54, 1.807) is 12.1 Å². The maximum atomic E-state index is 13.6. The molecule has 3 aromatic rings. The monoisotopic (exact) mass is 489 g/mol. The average molecular weight is 490 g/mol. The molecule has 0 bridgehead atoms. The molecule has 0 aliphatic carbocycles. The van der Waals surface area contributed by atoms with Crippen LogP contribution in [0.3, 0.4) is 0 Å². The molecule has 1 atom stereocenters. The van der Waals surface area contributed by atoms with E-state index in [1.807, 2.05) is 19.0 Å². The Bertz CT molecular complexity index is 1390. The van der Waals surface area contributed by atoms with Crippen molar-refractivity contribution < 1.29 is 24.1 Å². The molecule has 0 spiro atoms. The molecule has 2 aromatic carbocycles. The Balaban J connectivity index is 1.73. The van der Waals surface area contributed by atoms with Gasteiger partial charge in [-0.1, -0.05) is 17.7 Å². The standard InChI is InChI=1S/C24H25ClFN5O3/c1-31(2)8-3-4-23(32)30-21-11-17-20(12-22(21)34-16-7-9-33-13-16)27-14-28-24(17)29-15-5-6-19(26)18(25)10-15/h3-6,10-12,14,16H,7-9,13H2,1-2H3,(H,30,32)(H,27,28,29)/b4-3+/t16-/m0/s1/i9D2,13D2. The molecule has 178 valence electrons. The van der Waals surface area contributed by atoms with Crippen LogP contribution in [0.25, 0.3) is 10.9 Å². The quantitative estimate of drug-likeness (QED) is 0.453. The van der Waals surface area contributed by atoms with Gasteiger partial charge in [0.05, 0.1) is 34.8 Å². The number of carbonyl (C=O) groups is 1. The van der Waals surface area contributed by atoms with E-state index in [-0.39, 0.29) is 22.9 Å². The third-order valence-corrected chi connectivity index (χ3v) is 5.01. The van der Waals surface area contributed by atoms with Crippen molar-refractivity contribution >= 4 is 45.6 Å². The molecular formula is C24H25ClFN5O3. The van der Waals surface area contributed by atoms with Crippen LogP contribution in [0.1, 0.15) is 11.9 Å². The first-order valence-electron chi connectivity index (χ1n) is 12.3. The first-order valence-corrected chi connectivity index (χ1v) is 10.7. The summed E-state index contributed by atoms with van der Waals surface area (Å²) in [7, 11) is 3.72. The van der Waals surface area contributed by atoms with E-state index in [2.05, 4.69) is 20.6 Å². The van der Waals surface area contributed by atoms with Gasteiger partial charge in [-0.3, -0.25) is 4.79 Å². The lowest BCUT2D eigenvalue weighted by Crippen LogP contribution is -2.18. The highest BCUT2D eigenvalue weighted by atomic mass is 35.5. The van der Waals surface area contributed by atoms with Crippen LogP contribution < -0.4 is 15.4 Å². The molecule has 1 saturated heterocycles. The Morgan fingerprint density at radius 3 is 2.97 bits per heavy atom. The van der Waals surface area contributed by atoms with Crippen molar-refractivity contribution in [2.45, 2.75) is 12.5 Å². The Kier molecular flexibility index (Phi) is 6.04. The summed E-state index contributed by atoms with van der Waals surface area (Å²) in [5, 5.41) is 6.17. The van der Waals surface area contributed by atoms with E-state index in [9.17, 15) is 9.18 Å². The van der Waals surface area contributed by atoms with Crippen molar-refractivity contribution in [2.75, 3.05) is 44.4 Å². The number of anilines is 3. The van der Waals surface area contributed by atoms with Crippen LogP contribution >= 0.6 is 11.6 Å². The van der Waals surface area contributed by atoms with Crippen LogP contribution in [0, 0.1) is 5.82 Å². The fourth-order valence-corrected chi connectivity index (χ4v) is 3.30. The Morgan fingerprint density at radius 2 is 2.24 bits per heavy atom. The van der Waals surface area contributed by atoms with Crippen LogP contribution in [0.2, 0.25) is 5.02 Å². The minimum atomic E-state index is -2.41. The number of ether oxygens (including phenoxy) is 2. The highest BCUT2D eigenvalue weighted by Crippen LogP contribution is 2.35. The summed E-state index contributed by atoms with van der Waals surface area (Å²) < 4.78 is 56.0. The number of hydrogen-bond acceptors (Lipinski definition) is 7. The summed E-state index contributed by atoms with van der Waals surface area (Å²) in [6, 6.07) is 7.14. The zero-order valence-electron chi connectivity index (χ0n) is 22.4. The number of hydrogen-bond donors (Lipinski definition) is 2. The van der Waals surface area contributed by atoms with Crippen LogP contribution in [-0.2, 0) is 9.53 Å². The Hall–Kier alpha value is -3.27. The van der Waals surface area contributed by atoms with Gasteiger partial charge >= 0.3 is 0 Å². The summed E-state index contributed by atoms with van der Waals surface area (Å²) in [6.45, 7) is -4.10. The maximum Gasteiger partial charge on any atom is 0.248 e. The Labute approximate surface area is 207 Å². The molecule has 1 aliphatic rings. The highest BCUT2D eigenvalue weighted by Gasteiger charge is 2.20. The van der Waals surface area contributed by atoms with Crippen LogP contribution in [0.4, 0.5) is 21.6 Å². The summed E-state index contributed by atoms with van der Waals surface area (Å²) in [6.07, 6.45) is 2.65. The van der Waals surface area contributed by atoms with E-state index >= 15 is 0 Å². The minimum absolute atomic E-state index is 0.0662. The minimum Gasteiger partial charge on any atom is -0.486 e. The molecule has 4 rings (SSSR count). The number of likely N-dealkylation sites (N-methyl/N-ethyl adjacent to an activating group) is 1. The first kappa shape index (κ1) is 19.1. The van der Waals surface area contributed by atoms with Crippen molar-refractivity contribution in [2.24, 2.45) is 0 Å². The zero-order chi connectivity index (χ0) is 27.7. The zero-order valence-corrected chi connectivity index (χ0v) is 19.2. The number of rotatable bonds is 8. The average Bonchev–Trinajstić information content (AvgIpc) is 3.02. The maximum absolute atomic E-state index is 13.6. The van der Waals surface area contributed by atoms with Crippen molar-refractivity contribution in [1.82, 2.24) is 14.9 Å². The fourth-order valence-electron chi connectivity index (χ4n) is 3.12. The molecule has 1 aliphatic heterocycles. The smallest absolute Gasteiger partial charge is 0.248 e. The van der Waals surface area contributed by atoms with E-state index in [4.69, 9.17) is 26.6 Å². The van der Waals surface area contributed by atoms with Gasteiger partial charge in [-0.2, -0.15) is 0 Å². The van der Waals surface area contributed by atoms with Crippen molar-refractivity contribution in [3.63, 3.8) is 0 Å². The van der Waals surface area contributed by atoms with E-state index in [1.165, 1.54) is 36.7 Å². The van der Waals surface area contributed by atoms with E-state index < -0.39 is 30.9 Å². The number of carbonyl (C=O) groups excluding carboxylic acids is 1. The molecule has 2 heterocycles. The number of aromatic nitrogens is 2. The number of benzene rings is 2. The van der Waals surface area contributed by atoms with Gasteiger partial charge in [0.25, 0.3) is 0 Å². The number of fused-ring (bicyclic) bond motifs is 1. The van der Waals surface area contributed by atoms with Crippen LogP contribution in [-0.4, -0.2) is 60.6 Å². The summed E-state index contributed by atoms with van der Waals surface area (Å²) >= 11 is 5.90. The first-order chi connectivity index (χ1) is 17.8. The molecule has 2 N–H and O–H groups in total. The van der Waals surface area contributed by atoms with Crippen molar-refractivity contribution in [3.05, 3.63) is 59.7 Å². The molecule has 1 aromatic heterocycles. The molecule has 34 heavy (non-hydrogen) atoms. The number of nitrogens with one attached hydrogen (secondary N) is 2. The molecule has 10 heteroatoms. The predicted molar refractivity (Wildman–Crippen MR) is 130 cm³/mol. The van der Waals surface area contributed by atoms with Crippen molar-refractivity contribution in [1.29, 1.82) is 0 Å². The Morgan fingerprint density at radius 1 is 1.38 bits per heavy atom. The SMILES string of the molecule is [2H]C1([2H])C[C@H](Oc2cc3ncnc(Nc4ccc(F)c(Cl)c4)c3cc2NC(=O)/C=C/CN(C)C)C([2H])([2H])O1. The fraction of sp³-hybridized carbons (Fsp3) is 0.292. The van der Waals surface area contributed by atoms with Gasteiger partial charge in [-0.15, -0.1) is 0 Å². The largest absolute Gasteiger partial charge is 0.486 e. The molecule has 0 saturated carbocycles. The van der Waals surface area contributed by atoms with E-state index in [0.717, 1.165) is 0 Å². The molecule has 1 amide bonds. The normalized spacial score (nSPS) is 20.6. The summed E-state index contributed by atoms with van der Waals surface area (Å²) in [4.78, 5) is 23.1. The van der Waals surface area contributed by atoms with E-state index in [0.29, 0.717) is 29.0 Å². The second kappa shape index (κ2) is 10.8. The topological polar surface area (TPSA) is 88.6 Å². The van der Waals surface area contributed by atoms with Gasteiger partial charge < -0.3 is 25.0 Å². The summed E-state index contributed by atoms with van der Waals surface area (Å²) in [5.74, 6) is -0.636. The van der Waals surface area contributed by atoms with Gasteiger partial charge in [0, 0.05) is 36.2 Å². The molecule has 1 fully saturated rings. The highest BCUT2D eigenvalue weighted by molar-refractivity contribution is 6.31. The lowest BCUT2D eigenvalue weighted by molar-refractivity contribution is -0.111. The second-order valence-corrected chi connectivity index (χ2v) is 8.08. The van der Waals surface area contributed by atoms with Crippen LogP contribution in [0.5, 0.6) is 5.75 Å².